The summed E-state index contributed by atoms with van der Waals surface area (Å²) in [5.41, 5.74) is 5.97. The van der Waals surface area contributed by atoms with E-state index in [0.717, 1.165) is 6.07 Å². The number of piperazine rings is 1. The molecular weight excluding hydrogens is 313 g/mol. The topological polar surface area (TPSA) is 49.6 Å². The Bertz CT molecular complexity index is 561. The van der Waals surface area contributed by atoms with Gasteiger partial charge in [-0.2, -0.15) is 0 Å². The molecule has 114 valence electrons. The second-order valence-corrected chi connectivity index (χ2v) is 5.91. The zero-order chi connectivity index (χ0) is 15.6. The van der Waals surface area contributed by atoms with Gasteiger partial charge in [0.05, 0.1) is 21.6 Å². The van der Waals surface area contributed by atoms with Gasteiger partial charge < -0.3 is 10.6 Å². The van der Waals surface area contributed by atoms with Crippen molar-refractivity contribution in [1.29, 1.82) is 0 Å². The Morgan fingerprint density at radius 2 is 2.00 bits per heavy atom. The molecular formula is C14H17ClFN3OS. The maximum atomic E-state index is 13.0. The van der Waals surface area contributed by atoms with Crippen molar-refractivity contribution in [3.8, 4) is 0 Å². The summed E-state index contributed by atoms with van der Waals surface area (Å²) in [6, 6.07) is 3.83. The molecule has 0 aliphatic carbocycles. The van der Waals surface area contributed by atoms with Crippen molar-refractivity contribution in [3.05, 3.63) is 34.6 Å². The van der Waals surface area contributed by atoms with E-state index in [1.807, 2.05) is 6.92 Å². The number of halogens is 2. The van der Waals surface area contributed by atoms with E-state index in [2.05, 4.69) is 4.90 Å². The monoisotopic (exact) mass is 329 g/mol. The van der Waals surface area contributed by atoms with Crippen molar-refractivity contribution >= 4 is 34.7 Å². The quantitative estimate of drug-likeness (QED) is 0.861. The minimum atomic E-state index is -0.452. The summed E-state index contributed by atoms with van der Waals surface area (Å²) in [4.78, 5) is 16.7. The van der Waals surface area contributed by atoms with Crippen molar-refractivity contribution in [2.24, 2.45) is 5.73 Å². The second kappa shape index (κ2) is 6.68. The lowest BCUT2D eigenvalue weighted by molar-refractivity contribution is 0.0622. The lowest BCUT2D eigenvalue weighted by Crippen LogP contribution is -2.54. The average Bonchev–Trinajstić information content (AvgIpc) is 2.46. The van der Waals surface area contributed by atoms with E-state index in [1.54, 1.807) is 4.90 Å². The van der Waals surface area contributed by atoms with E-state index in [4.69, 9.17) is 29.6 Å². The van der Waals surface area contributed by atoms with Crippen LogP contribution < -0.4 is 5.73 Å². The van der Waals surface area contributed by atoms with Gasteiger partial charge in [-0.15, -0.1) is 0 Å². The van der Waals surface area contributed by atoms with Gasteiger partial charge in [-0.05, 0) is 25.1 Å². The van der Waals surface area contributed by atoms with Crippen molar-refractivity contribution in [1.82, 2.24) is 9.80 Å². The van der Waals surface area contributed by atoms with Crippen molar-refractivity contribution in [3.63, 3.8) is 0 Å². The first-order chi connectivity index (χ1) is 9.90. The number of nitrogens with two attached hydrogens (primary N) is 1. The van der Waals surface area contributed by atoms with Crippen LogP contribution in [0.3, 0.4) is 0 Å². The molecule has 1 amide bonds. The number of carbonyl (C=O) groups excluding carboxylic acids is 1. The van der Waals surface area contributed by atoms with Gasteiger partial charge in [-0.3, -0.25) is 9.69 Å². The van der Waals surface area contributed by atoms with E-state index < -0.39 is 5.82 Å². The molecule has 2 rings (SSSR count). The number of carbonyl (C=O) groups is 1. The molecule has 21 heavy (non-hydrogen) atoms. The van der Waals surface area contributed by atoms with Crippen molar-refractivity contribution < 1.29 is 9.18 Å². The fourth-order valence-electron chi connectivity index (χ4n) is 2.33. The van der Waals surface area contributed by atoms with E-state index in [9.17, 15) is 9.18 Å². The second-order valence-electron chi connectivity index (χ2n) is 5.03. The van der Waals surface area contributed by atoms with Gasteiger partial charge in [0.25, 0.3) is 5.91 Å². The van der Waals surface area contributed by atoms with Crippen LogP contribution in [-0.4, -0.2) is 52.9 Å². The van der Waals surface area contributed by atoms with Gasteiger partial charge in [-0.1, -0.05) is 23.8 Å². The molecule has 1 aromatic rings. The Labute approximate surface area is 133 Å². The van der Waals surface area contributed by atoms with E-state index >= 15 is 0 Å². The first-order valence-electron chi connectivity index (χ1n) is 6.68. The van der Waals surface area contributed by atoms with Crippen LogP contribution >= 0.6 is 23.8 Å². The Morgan fingerprint density at radius 1 is 1.38 bits per heavy atom. The van der Waals surface area contributed by atoms with Crippen LogP contribution in [0.25, 0.3) is 0 Å². The summed E-state index contributed by atoms with van der Waals surface area (Å²) in [6.45, 7) is 4.49. The van der Waals surface area contributed by atoms with Crippen LogP contribution in [0.4, 0.5) is 4.39 Å². The smallest absolute Gasteiger partial charge is 0.255 e. The zero-order valence-electron chi connectivity index (χ0n) is 11.7. The molecule has 0 bridgehead atoms. The highest BCUT2D eigenvalue weighted by Crippen LogP contribution is 2.20. The van der Waals surface area contributed by atoms with Gasteiger partial charge in [0.2, 0.25) is 0 Å². The first-order valence-corrected chi connectivity index (χ1v) is 7.46. The number of benzene rings is 1. The van der Waals surface area contributed by atoms with E-state index in [1.165, 1.54) is 12.1 Å². The third-order valence-corrected chi connectivity index (χ3v) is 4.38. The molecule has 1 heterocycles. The maximum absolute atomic E-state index is 13.0. The normalized spacial score (nSPS) is 17.6. The molecule has 2 N–H and O–H groups in total. The number of hydrogen-bond donors (Lipinski definition) is 1. The standard InChI is InChI=1S/C14H17ClFN3OS/c1-9(13(17)21)18-4-6-19(7-5-18)14(20)11-3-2-10(16)8-12(11)15/h2-3,8-9H,4-7H2,1H3,(H2,17,21). The van der Waals surface area contributed by atoms with Crippen LogP contribution in [0.1, 0.15) is 17.3 Å². The van der Waals surface area contributed by atoms with Gasteiger partial charge >= 0.3 is 0 Å². The van der Waals surface area contributed by atoms with Crippen LogP contribution in [0.2, 0.25) is 5.02 Å². The summed E-state index contributed by atoms with van der Waals surface area (Å²) in [5, 5.41) is 0.138. The Morgan fingerprint density at radius 3 is 2.52 bits per heavy atom. The zero-order valence-corrected chi connectivity index (χ0v) is 13.3. The third-order valence-electron chi connectivity index (χ3n) is 3.72. The molecule has 1 aromatic carbocycles. The minimum absolute atomic E-state index is 0.0201. The summed E-state index contributed by atoms with van der Waals surface area (Å²) in [5.74, 6) is -0.630. The van der Waals surface area contributed by atoms with E-state index in [-0.39, 0.29) is 17.0 Å². The summed E-state index contributed by atoms with van der Waals surface area (Å²) in [6.07, 6.45) is 0. The Kier molecular flexibility index (Phi) is 5.13. The van der Waals surface area contributed by atoms with Crippen molar-refractivity contribution in [2.45, 2.75) is 13.0 Å². The summed E-state index contributed by atoms with van der Waals surface area (Å²) in [7, 11) is 0. The van der Waals surface area contributed by atoms with Crippen LogP contribution in [0, 0.1) is 5.82 Å². The highest BCUT2D eigenvalue weighted by atomic mass is 35.5. The molecule has 1 aliphatic heterocycles. The number of amides is 1. The molecule has 1 unspecified atom stereocenters. The molecule has 1 saturated heterocycles. The van der Waals surface area contributed by atoms with Gasteiger partial charge in [0, 0.05) is 26.2 Å². The predicted octanol–water partition coefficient (Wildman–Crippen LogP) is 1.91. The molecule has 1 fully saturated rings. The van der Waals surface area contributed by atoms with Crippen LogP contribution in [0.15, 0.2) is 18.2 Å². The average molecular weight is 330 g/mol. The van der Waals surface area contributed by atoms with Crippen LogP contribution in [0.5, 0.6) is 0 Å². The molecule has 0 radical (unpaired) electrons. The number of thiocarbonyl (C=S) groups is 1. The number of nitrogens with zero attached hydrogens (tertiary/aromatic N) is 2. The lowest BCUT2D eigenvalue weighted by atomic mass is 10.1. The largest absolute Gasteiger partial charge is 0.392 e. The van der Waals surface area contributed by atoms with Gasteiger partial charge in [0.15, 0.2) is 0 Å². The molecule has 1 aliphatic rings. The van der Waals surface area contributed by atoms with Crippen molar-refractivity contribution in [2.75, 3.05) is 26.2 Å². The maximum Gasteiger partial charge on any atom is 0.255 e. The highest BCUT2D eigenvalue weighted by Gasteiger charge is 2.26. The molecule has 7 heteroatoms. The lowest BCUT2D eigenvalue weighted by Gasteiger charge is -2.37. The minimum Gasteiger partial charge on any atom is -0.392 e. The molecule has 1 atom stereocenters. The molecule has 0 aromatic heterocycles. The highest BCUT2D eigenvalue weighted by molar-refractivity contribution is 7.80. The third kappa shape index (κ3) is 3.70. The fraction of sp³-hybridized carbons (Fsp3) is 0.429. The number of hydrogen-bond acceptors (Lipinski definition) is 3. The van der Waals surface area contributed by atoms with E-state index in [0.29, 0.717) is 36.7 Å². The Hall–Kier alpha value is -1.24. The summed E-state index contributed by atoms with van der Waals surface area (Å²) >= 11 is 10.9. The molecule has 4 nitrogen and oxygen atoms in total. The van der Waals surface area contributed by atoms with Crippen LogP contribution in [-0.2, 0) is 0 Å². The molecule has 0 saturated carbocycles. The SMILES string of the molecule is CC(C(N)=S)N1CCN(C(=O)c2ccc(F)cc2Cl)CC1. The summed E-state index contributed by atoms with van der Waals surface area (Å²) < 4.78 is 13.0. The number of rotatable bonds is 3. The molecule has 0 spiro atoms. The predicted molar refractivity (Wildman–Crippen MR) is 85.1 cm³/mol. The Balaban J connectivity index is 2.02. The van der Waals surface area contributed by atoms with Gasteiger partial charge in [-0.25, -0.2) is 4.39 Å². The fourth-order valence-corrected chi connectivity index (χ4v) is 2.72. The van der Waals surface area contributed by atoms with Gasteiger partial charge in [0.1, 0.15) is 5.82 Å². The first kappa shape index (κ1) is 16.1.